The summed E-state index contributed by atoms with van der Waals surface area (Å²) in [6.45, 7) is 1.03. The predicted molar refractivity (Wildman–Crippen MR) is 123 cm³/mol. The maximum atomic E-state index is 11.0. The highest BCUT2D eigenvalue weighted by Gasteiger charge is 2.19. The summed E-state index contributed by atoms with van der Waals surface area (Å²) >= 11 is 0. The molecule has 1 heterocycles. The van der Waals surface area contributed by atoms with Gasteiger partial charge in [0.15, 0.2) is 11.5 Å². The lowest BCUT2D eigenvalue weighted by molar-refractivity contribution is -0.0390. The number of benzene rings is 3. The van der Waals surface area contributed by atoms with E-state index in [0.717, 1.165) is 28.0 Å². The molecular weight excluding hydrogens is 404 g/mol. The molecule has 0 amide bonds. The fourth-order valence-electron chi connectivity index (χ4n) is 3.72. The van der Waals surface area contributed by atoms with E-state index in [0.29, 0.717) is 18.8 Å². The normalized spacial score (nSPS) is 14.6. The van der Waals surface area contributed by atoms with Crippen molar-refractivity contribution in [3.8, 4) is 11.5 Å². The van der Waals surface area contributed by atoms with Gasteiger partial charge in [-0.2, -0.15) is 0 Å². The van der Waals surface area contributed by atoms with Crippen LogP contribution in [0.4, 0.5) is 0 Å². The lowest BCUT2D eigenvalue weighted by Crippen LogP contribution is -2.05. The van der Waals surface area contributed by atoms with Crippen molar-refractivity contribution < 1.29 is 24.1 Å². The molecule has 1 aliphatic rings. The molecule has 0 saturated heterocycles. The second-order valence-corrected chi connectivity index (χ2v) is 7.74. The summed E-state index contributed by atoms with van der Waals surface area (Å²) in [7, 11) is 1.61. The van der Waals surface area contributed by atoms with Crippen molar-refractivity contribution in [2.75, 3.05) is 20.7 Å². The first kappa shape index (κ1) is 22.1. The van der Waals surface area contributed by atoms with Crippen molar-refractivity contribution >= 4 is 6.08 Å². The zero-order valence-corrected chi connectivity index (χ0v) is 18.1. The Balaban J connectivity index is 1.47. The number of ether oxygens (including phenoxy) is 4. The largest absolute Gasteiger partial charge is 0.454 e. The van der Waals surface area contributed by atoms with Crippen LogP contribution < -0.4 is 9.47 Å². The molecule has 0 saturated carbocycles. The maximum absolute atomic E-state index is 11.0. The Kier molecular flexibility index (Phi) is 7.56. The highest BCUT2D eigenvalue weighted by atomic mass is 16.7. The molecule has 0 fully saturated rings. The van der Waals surface area contributed by atoms with Crippen LogP contribution in [0.2, 0.25) is 0 Å². The molecule has 166 valence electrons. The average Bonchev–Trinajstić information content (AvgIpc) is 3.31. The number of hydrogen-bond donors (Lipinski definition) is 1. The number of hydrogen-bond acceptors (Lipinski definition) is 5. The lowest BCUT2D eigenvalue weighted by atomic mass is 9.89. The monoisotopic (exact) mass is 432 g/mol. The predicted octanol–water partition coefficient (Wildman–Crippen LogP) is 5.46. The van der Waals surface area contributed by atoms with Crippen molar-refractivity contribution in [2.45, 2.75) is 25.0 Å². The Labute approximate surface area is 188 Å². The van der Waals surface area contributed by atoms with Gasteiger partial charge in [0.1, 0.15) is 6.79 Å². The second-order valence-electron chi connectivity index (χ2n) is 7.74. The van der Waals surface area contributed by atoms with Crippen molar-refractivity contribution in [2.24, 2.45) is 0 Å². The van der Waals surface area contributed by atoms with Crippen LogP contribution in [0.1, 0.15) is 40.7 Å². The molecule has 3 aromatic carbocycles. The molecule has 1 N–H and O–H groups in total. The second kappa shape index (κ2) is 11.0. The highest BCUT2D eigenvalue weighted by molar-refractivity contribution is 5.51. The number of aliphatic hydroxyl groups excluding tert-OH is 1. The van der Waals surface area contributed by atoms with Crippen LogP contribution in [0.25, 0.3) is 6.08 Å². The minimum absolute atomic E-state index is 0.0568. The Morgan fingerprint density at radius 3 is 2.50 bits per heavy atom. The maximum Gasteiger partial charge on any atom is 0.231 e. The van der Waals surface area contributed by atoms with Gasteiger partial charge in [-0.3, -0.25) is 0 Å². The standard InChI is InChI=1S/C27H28O5/c1-29-18-30-17-21-9-7-20(8-10-21)11-12-23(22-5-3-2-4-6-22)15-25(28)24-13-14-26-27(16-24)32-19-31-26/h2-14,16,23,25,28H,15,17-19H2,1H3/b12-11+/t23-,25+/m1/s1. The molecule has 1 aliphatic heterocycles. The van der Waals surface area contributed by atoms with E-state index in [2.05, 4.69) is 36.4 Å². The number of aliphatic hydroxyl groups is 1. The van der Waals surface area contributed by atoms with Crippen molar-refractivity contribution in [3.05, 3.63) is 101 Å². The number of allylic oxidation sites excluding steroid dienone is 1. The molecule has 0 unspecified atom stereocenters. The molecule has 5 heteroatoms. The van der Waals surface area contributed by atoms with E-state index >= 15 is 0 Å². The molecule has 0 aromatic heterocycles. The van der Waals surface area contributed by atoms with Gasteiger partial charge in [0.05, 0.1) is 12.7 Å². The zero-order chi connectivity index (χ0) is 22.2. The van der Waals surface area contributed by atoms with Crippen LogP contribution in [-0.4, -0.2) is 25.8 Å². The zero-order valence-electron chi connectivity index (χ0n) is 18.1. The number of fused-ring (bicyclic) bond motifs is 1. The summed E-state index contributed by atoms with van der Waals surface area (Å²) in [5.41, 5.74) is 4.17. The third-order valence-electron chi connectivity index (χ3n) is 5.46. The first-order valence-electron chi connectivity index (χ1n) is 10.7. The third-order valence-corrected chi connectivity index (χ3v) is 5.46. The lowest BCUT2D eigenvalue weighted by Gasteiger charge is -2.19. The summed E-state index contributed by atoms with van der Waals surface area (Å²) in [6, 6.07) is 24.1. The molecule has 0 bridgehead atoms. The molecule has 2 atom stereocenters. The van der Waals surface area contributed by atoms with Crippen LogP contribution in [-0.2, 0) is 16.1 Å². The van der Waals surface area contributed by atoms with Crippen molar-refractivity contribution in [3.63, 3.8) is 0 Å². The van der Waals surface area contributed by atoms with E-state index in [-0.39, 0.29) is 19.5 Å². The van der Waals surface area contributed by atoms with E-state index in [1.54, 1.807) is 7.11 Å². The van der Waals surface area contributed by atoms with Gasteiger partial charge >= 0.3 is 0 Å². The van der Waals surface area contributed by atoms with Gasteiger partial charge in [-0.25, -0.2) is 0 Å². The Bertz CT molecular complexity index is 1010. The van der Waals surface area contributed by atoms with E-state index < -0.39 is 6.10 Å². The van der Waals surface area contributed by atoms with Gasteiger partial charge in [-0.1, -0.05) is 72.8 Å². The van der Waals surface area contributed by atoms with Crippen LogP contribution in [0, 0.1) is 0 Å². The van der Waals surface area contributed by atoms with Crippen LogP contribution in [0.15, 0.2) is 78.9 Å². The van der Waals surface area contributed by atoms with Gasteiger partial charge in [-0.05, 0) is 40.8 Å². The summed E-state index contributed by atoms with van der Waals surface area (Å²) in [5, 5.41) is 11.0. The Morgan fingerprint density at radius 2 is 1.72 bits per heavy atom. The topological polar surface area (TPSA) is 57.2 Å². The van der Waals surface area contributed by atoms with Crippen molar-refractivity contribution in [1.82, 2.24) is 0 Å². The molecule has 5 nitrogen and oxygen atoms in total. The smallest absolute Gasteiger partial charge is 0.231 e. The van der Waals surface area contributed by atoms with E-state index in [1.807, 2.05) is 48.5 Å². The van der Waals surface area contributed by atoms with Crippen LogP contribution >= 0.6 is 0 Å². The fraction of sp³-hybridized carbons (Fsp3) is 0.259. The quantitative estimate of drug-likeness (QED) is 0.341. The average molecular weight is 433 g/mol. The van der Waals surface area contributed by atoms with Gasteiger partial charge in [0, 0.05) is 13.0 Å². The molecule has 32 heavy (non-hydrogen) atoms. The molecular formula is C27H28O5. The number of rotatable bonds is 10. The van der Waals surface area contributed by atoms with Gasteiger partial charge in [-0.15, -0.1) is 0 Å². The van der Waals surface area contributed by atoms with E-state index in [1.165, 1.54) is 0 Å². The number of methoxy groups -OCH3 is 1. The fourth-order valence-corrected chi connectivity index (χ4v) is 3.72. The first-order chi connectivity index (χ1) is 15.7. The SMILES string of the molecule is COCOCc1ccc(/C=C/[C@H](C[C@H](O)c2ccc3c(c2)OCO3)c2ccccc2)cc1. The van der Waals surface area contributed by atoms with E-state index in [9.17, 15) is 5.11 Å². The summed E-state index contributed by atoms with van der Waals surface area (Å²) in [6.07, 6.45) is 4.19. The minimum Gasteiger partial charge on any atom is -0.454 e. The first-order valence-corrected chi connectivity index (χ1v) is 10.7. The Hall–Kier alpha value is -3.12. The third kappa shape index (κ3) is 5.77. The van der Waals surface area contributed by atoms with E-state index in [4.69, 9.17) is 18.9 Å². The highest BCUT2D eigenvalue weighted by Crippen LogP contribution is 2.37. The summed E-state index contributed by atoms with van der Waals surface area (Å²) in [5.74, 6) is 1.46. The molecule has 4 rings (SSSR count). The van der Waals surface area contributed by atoms with Gasteiger partial charge in [0.25, 0.3) is 0 Å². The van der Waals surface area contributed by atoms with Gasteiger partial charge in [0.2, 0.25) is 6.79 Å². The summed E-state index contributed by atoms with van der Waals surface area (Å²) in [4.78, 5) is 0. The molecule has 0 radical (unpaired) electrons. The minimum atomic E-state index is -0.625. The Morgan fingerprint density at radius 1 is 0.938 bits per heavy atom. The summed E-state index contributed by atoms with van der Waals surface area (Å²) < 4.78 is 21.1. The molecule has 0 aliphatic carbocycles. The van der Waals surface area contributed by atoms with Crippen molar-refractivity contribution in [1.29, 1.82) is 0 Å². The van der Waals surface area contributed by atoms with Crippen LogP contribution in [0.5, 0.6) is 11.5 Å². The molecule has 0 spiro atoms. The van der Waals surface area contributed by atoms with Gasteiger partial charge < -0.3 is 24.1 Å². The van der Waals surface area contributed by atoms with Crippen LogP contribution in [0.3, 0.4) is 0 Å². The molecule has 3 aromatic rings.